The third kappa shape index (κ3) is 5.45. The number of aliphatic imine (C=N–C) groups is 1. The molecule has 0 fully saturated rings. The van der Waals surface area contributed by atoms with Crippen LogP contribution in [0, 0.1) is 10.1 Å². The maximum atomic E-state index is 11.8. The van der Waals surface area contributed by atoms with Crippen molar-refractivity contribution in [2.24, 2.45) is 4.99 Å². The van der Waals surface area contributed by atoms with E-state index >= 15 is 0 Å². The maximum Gasteiger partial charge on any atom is 0.359 e. The highest BCUT2D eigenvalue weighted by Gasteiger charge is 2.19. The summed E-state index contributed by atoms with van der Waals surface area (Å²) in [6, 6.07) is 15.5. The molecule has 3 N–H and O–H groups in total. The predicted octanol–water partition coefficient (Wildman–Crippen LogP) is 4.03. The average molecular weight is 432 g/mol. The number of rotatable bonds is 8. The number of nitro groups is 1. The summed E-state index contributed by atoms with van der Waals surface area (Å²) in [7, 11) is 0. The van der Waals surface area contributed by atoms with Gasteiger partial charge in [-0.25, -0.2) is 4.98 Å². The average Bonchev–Trinajstić information content (AvgIpc) is 2.78. The molecule has 1 heterocycles. The van der Waals surface area contributed by atoms with Crippen molar-refractivity contribution in [3.8, 4) is 0 Å². The molecule has 3 rings (SSSR count). The molecule has 0 saturated carbocycles. The summed E-state index contributed by atoms with van der Waals surface area (Å²) in [4.78, 5) is 34.9. The molecule has 0 unspecified atom stereocenters. The standard InChI is InChI=1S/C23H24N6O3/c1-3-28(4-2)19-12-10-18(11-13-19)25-15-17-7-5-16(6-8-17)9-14-20-21(29(31)32)22(30)27-23(24)26-20/h5-15H,3-4H2,1-2H3,(H3,24,26,27,30)/b14-9+,25-15?. The third-order valence-corrected chi connectivity index (χ3v) is 4.83. The van der Waals surface area contributed by atoms with Crippen LogP contribution in [0.4, 0.5) is 23.0 Å². The zero-order valence-corrected chi connectivity index (χ0v) is 17.9. The lowest BCUT2D eigenvalue weighted by Gasteiger charge is -2.20. The van der Waals surface area contributed by atoms with Crippen LogP contribution in [0.2, 0.25) is 0 Å². The second-order valence-electron chi connectivity index (χ2n) is 6.89. The van der Waals surface area contributed by atoms with Crippen LogP contribution < -0.4 is 16.2 Å². The topological polar surface area (TPSA) is 131 Å². The van der Waals surface area contributed by atoms with E-state index in [1.807, 2.05) is 36.4 Å². The number of hydrogen-bond acceptors (Lipinski definition) is 7. The lowest BCUT2D eigenvalue weighted by molar-refractivity contribution is -0.386. The Morgan fingerprint density at radius 3 is 2.28 bits per heavy atom. The van der Waals surface area contributed by atoms with Crippen LogP contribution >= 0.6 is 0 Å². The Kier molecular flexibility index (Phi) is 7.12. The van der Waals surface area contributed by atoms with Gasteiger partial charge in [0, 0.05) is 25.0 Å². The monoisotopic (exact) mass is 432 g/mol. The molecule has 0 amide bonds. The normalized spacial score (nSPS) is 11.3. The molecular formula is C23H24N6O3. The van der Waals surface area contributed by atoms with Gasteiger partial charge in [-0.15, -0.1) is 0 Å². The first-order valence-corrected chi connectivity index (χ1v) is 10.1. The maximum absolute atomic E-state index is 11.8. The van der Waals surface area contributed by atoms with E-state index in [1.165, 1.54) is 11.8 Å². The Balaban J connectivity index is 1.72. The van der Waals surface area contributed by atoms with Crippen LogP contribution in [0.5, 0.6) is 0 Å². The molecule has 2 aromatic carbocycles. The van der Waals surface area contributed by atoms with Crippen molar-refractivity contribution in [1.29, 1.82) is 0 Å². The molecule has 32 heavy (non-hydrogen) atoms. The number of nitrogens with zero attached hydrogens (tertiary/aromatic N) is 4. The molecule has 0 bridgehead atoms. The molecule has 0 spiro atoms. The van der Waals surface area contributed by atoms with Crippen LogP contribution in [0.1, 0.15) is 30.7 Å². The summed E-state index contributed by atoms with van der Waals surface area (Å²) in [6.45, 7) is 6.16. The van der Waals surface area contributed by atoms with Crippen LogP contribution in [-0.4, -0.2) is 34.2 Å². The fraction of sp³-hybridized carbons (Fsp3) is 0.174. The number of anilines is 2. The second kappa shape index (κ2) is 10.2. The van der Waals surface area contributed by atoms with E-state index in [1.54, 1.807) is 12.3 Å². The lowest BCUT2D eigenvalue weighted by Crippen LogP contribution is -2.21. The minimum absolute atomic E-state index is 0.102. The van der Waals surface area contributed by atoms with Crippen molar-refractivity contribution >= 4 is 41.4 Å². The quantitative estimate of drug-likeness (QED) is 0.314. The Bertz CT molecular complexity index is 1190. The fourth-order valence-electron chi connectivity index (χ4n) is 3.15. The number of aromatic nitrogens is 2. The van der Waals surface area contributed by atoms with Gasteiger partial charge in [-0.05, 0) is 55.3 Å². The molecular weight excluding hydrogens is 408 g/mol. The van der Waals surface area contributed by atoms with Gasteiger partial charge in [0.05, 0.1) is 10.6 Å². The van der Waals surface area contributed by atoms with Crippen LogP contribution in [0.3, 0.4) is 0 Å². The molecule has 9 nitrogen and oxygen atoms in total. The van der Waals surface area contributed by atoms with Gasteiger partial charge in [0.15, 0.2) is 5.69 Å². The summed E-state index contributed by atoms with van der Waals surface area (Å²) in [5, 5.41) is 11.1. The molecule has 0 aliphatic carbocycles. The van der Waals surface area contributed by atoms with Gasteiger partial charge in [0.25, 0.3) is 0 Å². The van der Waals surface area contributed by atoms with Crippen LogP contribution in [-0.2, 0) is 0 Å². The van der Waals surface area contributed by atoms with Gasteiger partial charge in [-0.2, -0.15) is 0 Å². The Morgan fingerprint density at radius 1 is 1.06 bits per heavy atom. The highest BCUT2D eigenvalue weighted by Crippen LogP contribution is 2.20. The van der Waals surface area contributed by atoms with Gasteiger partial charge in [0.2, 0.25) is 5.95 Å². The number of H-pyrrole nitrogens is 1. The molecule has 9 heteroatoms. The van der Waals surface area contributed by atoms with Crippen molar-refractivity contribution in [3.05, 3.63) is 85.8 Å². The first-order chi connectivity index (χ1) is 15.4. The molecule has 3 aromatic rings. The van der Waals surface area contributed by atoms with Crippen molar-refractivity contribution in [3.63, 3.8) is 0 Å². The molecule has 0 radical (unpaired) electrons. The zero-order valence-electron chi connectivity index (χ0n) is 17.9. The van der Waals surface area contributed by atoms with E-state index in [0.717, 1.165) is 29.9 Å². The number of nitrogens with one attached hydrogen (secondary N) is 1. The van der Waals surface area contributed by atoms with E-state index in [-0.39, 0.29) is 11.6 Å². The number of nitrogen functional groups attached to an aromatic ring is 1. The van der Waals surface area contributed by atoms with Crippen molar-refractivity contribution in [1.82, 2.24) is 9.97 Å². The number of aromatic amines is 1. The minimum atomic E-state index is -0.890. The number of benzene rings is 2. The lowest BCUT2D eigenvalue weighted by atomic mass is 10.1. The van der Waals surface area contributed by atoms with Crippen LogP contribution in [0.25, 0.3) is 12.2 Å². The first kappa shape index (κ1) is 22.4. The van der Waals surface area contributed by atoms with E-state index in [0.29, 0.717) is 0 Å². The zero-order chi connectivity index (χ0) is 23.1. The fourth-order valence-corrected chi connectivity index (χ4v) is 3.15. The summed E-state index contributed by atoms with van der Waals surface area (Å²) in [6.07, 6.45) is 4.79. The molecule has 0 aliphatic heterocycles. The molecule has 0 saturated heterocycles. The molecule has 164 valence electrons. The highest BCUT2D eigenvalue weighted by atomic mass is 16.6. The molecule has 0 aliphatic rings. The van der Waals surface area contributed by atoms with Gasteiger partial charge >= 0.3 is 11.2 Å². The van der Waals surface area contributed by atoms with Crippen molar-refractivity contribution in [2.45, 2.75) is 13.8 Å². The first-order valence-electron chi connectivity index (χ1n) is 10.1. The second-order valence-corrected chi connectivity index (χ2v) is 6.89. The van der Waals surface area contributed by atoms with E-state index in [9.17, 15) is 14.9 Å². The van der Waals surface area contributed by atoms with E-state index in [2.05, 4.69) is 45.8 Å². The summed E-state index contributed by atoms with van der Waals surface area (Å²) >= 11 is 0. The highest BCUT2D eigenvalue weighted by molar-refractivity contribution is 5.83. The van der Waals surface area contributed by atoms with E-state index < -0.39 is 16.2 Å². The SMILES string of the molecule is CCN(CC)c1ccc(N=Cc2ccc(/C=C/c3nc(N)[nH]c(=O)c3[N+](=O)[O-])cc2)cc1. The third-order valence-electron chi connectivity index (χ3n) is 4.83. The van der Waals surface area contributed by atoms with Gasteiger partial charge < -0.3 is 10.6 Å². The van der Waals surface area contributed by atoms with Crippen molar-refractivity contribution in [2.75, 3.05) is 23.7 Å². The van der Waals surface area contributed by atoms with E-state index in [4.69, 9.17) is 5.73 Å². The summed E-state index contributed by atoms with van der Waals surface area (Å²) < 4.78 is 0. The van der Waals surface area contributed by atoms with Crippen LogP contribution in [0.15, 0.2) is 58.3 Å². The van der Waals surface area contributed by atoms with Gasteiger partial charge in [0.1, 0.15) is 0 Å². The predicted molar refractivity (Wildman–Crippen MR) is 129 cm³/mol. The molecule has 0 atom stereocenters. The minimum Gasteiger partial charge on any atom is -0.372 e. The van der Waals surface area contributed by atoms with Gasteiger partial charge in [-0.1, -0.05) is 30.3 Å². The van der Waals surface area contributed by atoms with Gasteiger partial charge in [-0.3, -0.25) is 24.9 Å². The van der Waals surface area contributed by atoms with Crippen molar-refractivity contribution < 1.29 is 4.92 Å². The number of hydrogen-bond donors (Lipinski definition) is 2. The summed E-state index contributed by atoms with van der Waals surface area (Å²) in [5.41, 5.74) is 7.56. The Labute approximate surface area is 185 Å². The number of nitrogens with two attached hydrogens (primary N) is 1. The summed E-state index contributed by atoms with van der Waals surface area (Å²) in [5.74, 6) is -0.183. The largest absolute Gasteiger partial charge is 0.372 e. The Hall–Kier alpha value is -4.27. The molecule has 1 aromatic heterocycles. The Morgan fingerprint density at radius 2 is 1.69 bits per heavy atom. The smallest absolute Gasteiger partial charge is 0.359 e.